The molecule has 17 heavy (non-hydrogen) atoms. The summed E-state index contributed by atoms with van der Waals surface area (Å²) < 4.78 is 49.3. The molecule has 0 heterocycles. The molecule has 0 unspecified atom stereocenters. The van der Waals surface area contributed by atoms with Crippen LogP contribution in [0.4, 0.5) is 14.5 Å². The second-order valence-electron chi connectivity index (χ2n) is 3.27. The summed E-state index contributed by atoms with van der Waals surface area (Å²) >= 11 is 0. The molecule has 0 aliphatic heterocycles. The standard InChI is InChI=1S/C10H14F2N2O2S/c1-2-13-8-5-3-4-6-9(8)17(15,16)14-7-10(11)12/h3-6,10,13-14H,2,7H2,1H3. The van der Waals surface area contributed by atoms with E-state index >= 15 is 0 Å². The normalized spacial score (nSPS) is 11.8. The van der Waals surface area contributed by atoms with Crippen molar-refractivity contribution in [3.8, 4) is 0 Å². The van der Waals surface area contributed by atoms with Crippen molar-refractivity contribution in [2.24, 2.45) is 0 Å². The lowest BCUT2D eigenvalue weighted by molar-refractivity contribution is 0.153. The molecule has 0 fully saturated rings. The van der Waals surface area contributed by atoms with Crippen LogP contribution in [0.3, 0.4) is 0 Å². The van der Waals surface area contributed by atoms with Crippen LogP contribution in [-0.4, -0.2) is 27.9 Å². The van der Waals surface area contributed by atoms with E-state index in [1.54, 1.807) is 12.1 Å². The average molecular weight is 264 g/mol. The lowest BCUT2D eigenvalue weighted by atomic mass is 10.3. The summed E-state index contributed by atoms with van der Waals surface area (Å²) in [6.45, 7) is 1.47. The Bertz CT molecular complexity index is 463. The molecule has 0 saturated heterocycles. The first kappa shape index (κ1) is 13.9. The molecule has 0 aromatic heterocycles. The summed E-state index contributed by atoms with van der Waals surface area (Å²) in [7, 11) is -3.90. The number of nitrogens with one attached hydrogen (secondary N) is 2. The van der Waals surface area contributed by atoms with Crippen LogP contribution in [0.5, 0.6) is 0 Å². The fraction of sp³-hybridized carbons (Fsp3) is 0.400. The van der Waals surface area contributed by atoms with Gasteiger partial charge in [-0.2, -0.15) is 0 Å². The van der Waals surface area contributed by atoms with E-state index in [-0.39, 0.29) is 4.90 Å². The van der Waals surface area contributed by atoms with Crippen LogP contribution in [0, 0.1) is 0 Å². The Morgan fingerprint density at radius 2 is 1.94 bits per heavy atom. The van der Waals surface area contributed by atoms with Gasteiger partial charge in [0.15, 0.2) is 0 Å². The molecule has 0 amide bonds. The Kier molecular flexibility index (Phi) is 4.83. The monoisotopic (exact) mass is 264 g/mol. The fourth-order valence-corrected chi connectivity index (χ4v) is 2.48. The van der Waals surface area contributed by atoms with Gasteiger partial charge in [0.05, 0.1) is 12.2 Å². The molecule has 0 saturated carbocycles. The van der Waals surface area contributed by atoms with Crippen LogP contribution in [0.25, 0.3) is 0 Å². The van der Waals surface area contributed by atoms with Gasteiger partial charge in [-0.25, -0.2) is 21.9 Å². The minimum absolute atomic E-state index is 0.0255. The van der Waals surface area contributed by atoms with Gasteiger partial charge in [0.1, 0.15) is 4.90 Å². The molecule has 1 rings (SSSR count). The Morgan fingerprint density at radius 3 is 2.53 bits per heavy atom. The Hall–Kier alpha value is -1.21. The molecule has 0 radical (unpaired) electrons. The van der Waals surface area contributed by atoms with Gasteiger partial charge >= 0.3 is 0 Å². The van der Waals surface area contributed by atoms with Gasteiger partial charge in [-0.1, -0.05) is 12.1 Å². The number of hydrogen-bond donors (Lipinski definition) is 2. The van der Waals surface area contributed by atoms with Crippen LogP contribution >= 0.6 is 0 Å². The van der Waals surface area contributed by atoms with Crippen LogP contribution in [-0.2, 0) is 10.0 Å². The number of halogens is 2. The molecule has 7 heteroatoms. The summed E-state index contributed by atoms with van der Waals surface area (Å²) in [6, 6.07) is 6.16. The molecule has 96 valence electrons. The van der Waals surface area contributed by atoms with E-state index in [1.807, 2.05) is 11.6 Å². The van der Waals surface area contributed by atoms with Crippen LogP contribution in [0.1, 0.15) is 6.92 Å². The molecule has 0 aliphatic rings. The molecule has 1 aromatic rings. The number of benzene rings is 1. The van der Waals surface area contributed by atoms with E-state index in [0.29, 0.717) is 12.2 Å². The Balaban J connectivity index is 2.97. The van der Waals surface area contributed by atoms with Gasteiger partial charge in [-0.05, 0) is 19.1 Å². The summed E-state index contributed by atoms with van der Waals surface area (Å²) in [4.78, 5) is -0.0255. The van der Waals surface area contributed by atoms with Gasteiger partial charge in [-0.15, -0.1) is 0 Å². The van der Waals surface area contributed by atoms with E-state index in [0.717, 1.165) is 0 Å². The van der Waals surface area contributed by atoms with Gasteiger partial charge < -0.3 is 5.32 Å². The molecule has 1 aromatic carbocycles. The van der Waals surface area contributed by atoms with Gasteiger partial charge in [-0.3, -0.25) is 0 Å². The van der Waals surface area contributed by atoms with Gasteiger partial charge in [0, 0.05) is 6.54 Å². The summed E-state index contributed by atoms with van der Waals surface area (Å²) in [5, 5.41) is 2.86. The number of hydrogen-bond acceptors (Lipinski definition) is 3. The largest absolute Gasteiger partial charge is 0.384 e. The maximum atomic E-state index is 12.0. The van der Waals surface area contributed by atoms with E-state index in [2.05, 4.69) is 5.32 Å². The third-order valence-electron chi connectivity index (χ3n) is 1.97. The SMILES string of the molecule is CCNc1ccccc1S(=O)(=O)NCC(F)F. The maximum Gasteiger partial charge on any atom is 0.251 e. The molecule has 4 nitrogen and oxygen atoms in total. The van der Waals surface area contributed by atoms with Gasteiger partial charge in [0.25, 0.3) is 6.43 Å². The van der Waals surface area contributed by atoms with Crippen molar-refractivity contribution < 1.29 is 17.2 Å². The highest BCUT2D eigenvalue weighted by molar-refractivity contribution is 7.89. The highest BCUT2D eigenvalue weighted by Crippen LogP contribution is 2.20. The van der Waals surface area contributed by atoms with Crippen molar-refractivity contribution in [3.63, 3.8) is 0 Å². The summed E-state index contributed by atoms with van der Waals surface area (Å²) in [5.41, 5.74) is 0.400. The second kappa shape index (κ2) is 5.92. The summed E-state index contributed by atoms with van der Waals surface area (Å²) in [6.07, 6.45) is -2.71. The lowest BCUT2D eigenvalue weighted by Crippen LogP contribution is -2.29. The third-order valence-corrected chi connectivity index (χ3v) is 3.45. The summed E-state index contributed by atoms with van der Waals surface area (Å²) in [5.74, 6) is 0. The van der Waals surface area contributed by atoms with E-state index in [4.69, 9.17) is 0 Å². The van der Waals surface area contributed by atoms with Crippen molar-refractivity contribution in [1.82, 2.24) is 4.72 Å². The molecule has 0 bridgehead atoms. The maximum absolute atomic E-state index is 12.0. The number of para-hydroxylation sites is 1. The molecular weight excluding hydrogens is 250 g/mol. The van der Waals surface area contributed by atoms with Crippen LogP contribution in [0.15, 0.2) is 29.2 Å². The number of sulfonamides is 1. The topological polar surface area (TPSA) is 58.2 Å². The van der Waals surface area contributed by atoms with Crippen molar-refractivity contribution in [1.29, 1.82) is 0 Å². The quantitative estimate of drug-likeness (QED) is 0.821. The van der Waals surface area contributed by atoms with E-state index in [9.17, 15) is 17.2 Å². The third kappa shape index (κ3) is 3.94. The van der Waals surface area contributed by atoms with Crippen LogP contribution in [0.2, 0.25) is 0 Å². The molecule has 2 N–H and O–H groups in total. The minimum atomic E-state index is -3.90. The van der Waals surface area contributed by atoms with Crippen molar-refractivity contribution in [2.45, 2.75) is 18.2 Å². The lowest BCUT2D eigenvalue weighted by Gasteiger charge is -2.11. The Morgan fingerprint density at radius 1 is 1.29 bits per heavy atom. The number of alkyl halides is 2. The van der Waals surface area contributed by atoms with Crippen LogP contribution < -0.4 is 10.0 Å². The average Bonchev–Trinajstić information content (AvgIpc) is 2.28. The molecular formula is C10H14F2N2O2S. The zero-order chi connectivity index (χ0) is 12.9. The first-order valence-electron chi connectivity index (χ1n) is 5.08. The zero-order valence-corrected chi connectivity index (χ0v) is 10.1. The minimum Gasteiger partial charge on any atom is -0.384 e. The van der Waals surface area contributed by atoms with Crippen molar-refractivity contribution in [3.05, 3.63) is 24.3 Å². The molecule has 0 spiro atoms. The van der Waals surface area contributed by atoms with Gasteiger partial charge in [0.2, 0.25) is 10.0 Å². The predicted molar refractivity (Wildman–Crippen MR) is 61.8 cm³/mol. The highest BCUT2D eigenvalue weighted by atomic mass is 32.2. The fourth-order valence-electron chi connectivity index (χ4n) is 1.29. The number of rotatable bonds is 6. The number of anilines is 1. The van der Waals surface area contributed by atoms with E-state index < -0.39 is 23.0 Å². The smallest absolute Gasteiger partial charge is 0.251 e. The first-order valence-corrected chi connectivity index (χ1v) is 6.56. The van der Waals surface area contributed by atoms with Crippen molar-refractivity contribution in [2.75, 3.05) is 18.4 Å². The molecule has 0 atom stereocenters. The first-order chi connectivity index (χ1) is 7.97. The molecule has 0 aliphatic carbocycles. The highest BCUT2D eigenvalue weighted by Gasteiger charge is 2.19. The van der Waals surface area contributed by atoms with Crippen molar-refractivity contribution >= 4 is 15.7 Å². The second-order valence-corrected chi connectivity index (χ2v) is 5.00. The Labute approximate surface area is 99.1 Å². The predicted octanol–water partition coefficient (Wildman–Crippen LogP) is 1.66. The van der Waals surface area contributed by atoms with E-state index in [1.165, 1.54) is 12.1 Å². The zero-order valence-electron chi connectivity index (χ0n) is 9.28.